The van der Waals surface area contributed by atoms with Gasteiger partial charge >= 0.3 is 6.36 Å². The van der Waals surface area contributed by atoms with Gasteiger partial charge in [-0.25, -0.2) is 0 Å². The number of hydrogen-bond donors (Lipinski definition) is 0. The Morgan fingerprint density at radius 1 is 0.952 bits per heavy atom. The first-order valence-corrected chi connectivity index (χ1v) is 7.15. The minimum Gasteiger partial charge on any atom is -0.490 e. The van der Waals surface area contributed by atoms with Crippen LogP contribution >= 0.6 is 0 Å². The smallest absolute Gasteiger partial charge is 0.490 e. The SMILES string of the molecule is Cc1c(OC2CC2)ccc(OC2CCC2)c1OC(F)(F)F. The van der Waals surface area contributed by atoms with Crippen LogP contribution in [0.2, 0.25) is 0 Å². The minimum atomic E-state index is -4.75. The maximum Gasteiger partial charge on any atom is 0.573 e. The molecule has 3 nitrogen and oxygen atoms in total. The van der Waals surface area contributed by atoms with Crippen LogP contribution in [-0.4, -0.2) is 18.6 Å². The van der Waals surface area contributed by atoms with Crippen molar-refractivity contribution in [2.24, 2.45) is 0 Å². The van der Waals surface area contributed by atoms with Crippen molar-refractivity contribution in [3.8, 4) is 17.2 Å². The van der Waals surface area contributed by atoms with E-state index in [0.29, 0.717) is 11.3 Å². The second-order valence-electron chi connectivity index (χ2n) is 5.55. The Kier molecular flexibility index (Phi) is 3.63. The molecular formula is C15H17F3O3. The van der Waals surface area contributed by atoms with E-state index in [1.807, 2.05) is 0 Å². The van der Waals surface area contributed by atoms with E-state index in [1.54, 1.807) is 13.0 Å². The van der Waals surface area contributed by atoms with E-state index in [-0.39, 0.29) is 23.7 Å². The van der Waals surface area contributed by atoms with Crippen molar-refractivity contribution in [3.05, 3.63) is 17.7 Å². The van der Waals surface area contributed by atoms with Gasteiger partial charge in [-0.05, 0) is 51.2 Å². The molecule has 0 aromatic heterocycles. The highest BCUT2D eigenvalue weighted by Gasteiger charge is 2.35. The predicted octanol–water partition coefficient (Wildman–Crippen LogP) is 4.37. The van der Waals surface area contributed by atoms with E-state index in [9.17, 15) is 13.2 Å². The molecule has 0 bridgehead atoms. The largest absolute Gasteiger partial charge is 0.573 e. The first kappa shape index (κ1) is 14.4. The molecule has 0 unspecified atom stereocenters. The second-order valence-corrected chi connectivity index (χ2v) is 5.55. The van der Waals surface area contributed by atoms with E-state index in [4.69, 9.17) is 9.47 Å². The molecule has 0 spiro atoms. The summed E-state index contributed by atoms with van der Waals surface area (Å²) in [5.41, 5.74) is 0.330. The van der Waals surface area contributed by atoms with Gasteiger partial charge in [-0.15, -0.1) is 13.2 Å². The molecule has 0 atom stereocenters. The Hall–Kier alpha value is -1.59. The lowest BCUT2D eigenvalue weighted by molar-refractivity contribution is -0.275. The fourth-order valence-electron chi connectivity index (χ4n) is 2.15. The minimum absolute atomic E-state index is 0.0183. The maximum absolute atomic E-state index is 12.6. The third-order valence-corrected chi connectivity index (χ3v) is 3.70. The molecule has 0 heterocycles. The van der Waals surface area contributed by atoms with Crippen LogP contribution in [0.1, 0.15) is 37.7 Å². The molecule has 0 amide bonds. The third kappa shape index (κ3) is 3.54. The topological polar surface area (TPSA) is 27.7 Å². The lowest BCUT2D eigenvalue weighted by Crippen LogP contribution is -2.26. The van der Waals surface area contributed by atoms with E-state index in [0.717, 1.165) is 32.1 Å². The summed E-state index contributed by atoms with van der Waals surface area (Å²) >= 11 is 0. The lowest BCUT2D eigenvalue weighted by atomic mass is 9.96. The fourth-order valence-corrected chi connectivity index (χ4v) is 2.15. The molecule has 2 saturated carbocycles. The summed E-state index contributed by atoms with van der Waals surface area (Å²) in [7, 11) is 0. The van der Waals surface area contributed by atoms with Crippen molar-refractivity contribution in [1.29, 1.82) is 0 Å². The lowest BCUT2D eigenvalue weighted by Gasteiger charge is -2.28. The van der Waals surface area contributed by atoms with Gasteiger partial charge in [-0.1, -0.05) is 0 Å². The first-order valence-electron chi connectivity index (χ1n) is 7.15. The van der Waals surface area contributed by atoms with Gasteiger partial charge in [-0.2, -0.15) is 0 Å². The first-order chi connectivity index (χ1) is 9.92. The van der Waals surface area contributed by atoms with Gasteiger partial charge in [0, 0.05) is 5.56 Å². The Balaban J connectivity index is 1.87. The summed E-state index contributed by atoms with van der Waals surface area (Å²) in [6.07, 6.45) is -0.000918. The van der Waals surface area contributed by atoms with Crippen LogP contribution in [0, 0.1) is 6.92 Å². The number of halogens is 3. The van der Waals surface area contributed by atoms with Crippen molar-refractivity contribution in [2.75, 3.05) is 0 Å². The van der Waals surface area contributed by atoms with Gasteiger partial charge in [0.1, 0.15) is 5.75 Å². The molecule has 6 heteroatoms. The van der Waals surface area contributed by atoms with E-state index in [1.165, 1.54) is 6.07 Å². The normalized spacial score (nSPS) is 19.0. The van der Waals surface area contributed by atoms with Gasteiger partial charge in [0.05, 0.1) is 12.2 Å². The molecule has 3 rings (SSSR count). The summed E-state index contributed by atoms with van der Waals surface area (Å²) in [6, 6.07) is 3.16. The van der Waals surface area contributed by atoms with Gasteiger partial charge in [0.2, 0.25) is 0 Å². The van der Waals surface area contributed by atoms with Crippen LogP contribution < -0.4 is 14.2 Å². The molecule has 116 valence electrons. The summed E-state index contributed by atoms with van der Waals surface area (Å²) in [5.74, 6) is 0.280. The number of rotatable bonds is 5. The monoisotopic (exact) mass is 302 g/mol. The van der Waals surface area contributed by atoms with Crippen molar-refractivity contribution >= 4 is 0 Å². The van der Waals surface area contributed by atoms with Crippen molar-refractivity contribution < 1.29 is 27.4 Å². The molecule has 0 aliphatic heterocycles. The Morgan fingerprint density at radius 2 is 1.52 bits per heavy atom. The summed E-state index contributed by atoms with van der Waals surface area (Å²) in [4.78, 5) is 0. The molecule has 2 aliphatic carbocycles. The third-order valence-electron chi connectivity index (χ3n) is 3.70. The highest BCUT2D eigenvalue weighted by Crippen LogP contribution is 2.43. The van der Waals surface area contributed by atoms with Crippen LogP contribution in [0.4, 0.5) is 13.2 Å². The summed E-state index contributed by atoms with van der Waals surface area (Å²) in [5, 5.41) is 0. The Bertz CT molecular complexity index is 520. The number of alkyl halides is 3. The molecule has 21 heavy (non-hydrogen) atoms. The number of ether oxygens (including phenoxy) is 3. The molecule has 1 aromatic rings. The highest BCUT2D eigenvalue weighted by atomic mass is 19.4. The Morgan fingerprint density at radius 3 is 2.05 bits per heavy atom. The summed E-state index contributed by atoms with van der Waals surface area (Å²) < 4.78 is 53.3. The van der Waals surface area contributed by atoms with E-state index >= 15 is 0 Å². The molecule has 2 fully saturated rings. The van der Waals surface area contributed by atoms with Crippen LogP contribution in [0.3, 0.4) is 0 Å². The van der Waals surface area contributed by atoms with Crippen molar-refractivity contribution in [1.82, 2.24) is 0 Å². The maximum atomic E-state index is 12.6. The van der Waals surface area contributed by atoms with E-state index in [2.05, 4.69) is 4.74 Å². The zero-order chi connectivity index (χ0) is 15.0. The molecule has 2 aliphatic rings. The zero-order valence-corrected chi connectivity index (χ0v) is 11.7. The van der Waals surface area contributed by atoms with E-state index < -0.39 is 6.36 Å². The number of benzene rings is 1. The van der Waals surface area contributed by atoms with Crippen LogP contribution in [-0.2, 0) is 0 Å². The van der Waals surface area contributed by atoms with Crippen molar-refractivity contribution in [2.45, 2.75) is 57.6 Å². The van der Waals surface area contributed by atoms with Gasteiger partial charge < -0.3 is 14.2 Å². The van der Waals surface area contributed by atoms with Gasteiger partial charge in [0.15, 0.2) is 11.5 Å². The van der Waals surface area contributed by atoms with Crippen molar-refractivity contribution in [3.63, 3.8) is 0 Å². The van der Waals surface area contributed by atoms with Crippen LogP contribution in [0.25, 0.3) is 0 Å². The second kappa shape index (κ2) is 5.31. The molecule has 0 saturated heterocycles. The zero-order valence-electron chi connectivity index (χ0n) is 11.7. The Labute approximate surface area is 121 Å². The van der Waals surface area contributed by atoms with Gasteiger partial charge in [-0.3, -0.25) is 0 Å². The molecular weight excluding hydrogens is 285 g/mol. The molecule has 0 radical (unpaired) electrons. The molecule has 1 aromatic carbocycles. The quantitative estimate of drug-likeness (QED) is 0.808. The summed E-state index contributed by atoms with van der Waals surface area (Å²) in [6.45, 7) is 1.56. The van der Waals surface area contributed by atoms with Gasteiger partial charge in [0.25, 0.3) is 0 Å². The molecule has 0 N–H and O–H groups in total. The fraction of sp³-hybridized carbons (Fsp3) is 0.600. The standard InChI is InChI=1S/C15H17F3O3/c1-9-12(19-11-5-6-11)7-8-13(20-10-3-2-4-10)14(9)21-15(16,17)18/h7-8,10-11H,2-6H2,1H3. The average Bonchev–Trinajstić information content (AvgIpc) is 3.13. The highest BCUT2D eigenvalue weighted by molar-refractivity contribution is 5.53. The number of hydrogen-bond acceptors (Lipinski definition) is 3. The predicted molar refractivity (Wildman–Crippen MR) is 69.8 cm³/mol. The van der Waals surface area contributed by atoms with Crippen LogP contribution in [0.5, 0.6) is 17.2 Å². The average molecular weight is 302 g/mol. The van der Waals surface area contributed by atoms with Crippen LogP contribution in [0.15, 0.2) is 12.1 Å².